The van der Waals surface area contributed by atoms with Crippen LogP contribution in [0.15, 0.2) is 46.5 Å². The van der Waals surface area contributed by atoms with E-state index in [2.05, 4.69) is 35.5 Å². The lowest BCUT2D eigenvalue weighted by Crippen LogP contribution is -2.32. The number of halogens is 1. The maximum Gasteiger partial charge on any atom is 0.174 e. The number of hydrazone groups is 1. The minimum absolute atomic E-state index is 0.0966. The molecule has 3 aliphatic rings. The summed E-state index contributed by atoms with van der Waals surface area (Å²) in [6, 6.07) is 0.0966. The summed E-state index contributed by atoms with van der Waals surface area (Å²) >= 11 is 0. The summed E-state index contributed by atoms with van der Waals surface area (Å²) in [5, 5.41) is 6.56. The molecule has 1 heterocycles. The number of hydrogen-bond acceptors (Lipinski definition) is 2. The van der Waals surface area contributed by atoms with Crippen LogP contribution in [-0.2, 0) is 0 Å². The van der Waals surface area contributed by atoms with E-state index in [0.717, 1.165) is 24.8 Å². The number of aliphatic imine (C=N–C) groups is 1. The van der Waals surface area contributed by atoms with Gasteiger partial charge < -0.3 is 0 Å². The van der Waals surface area contributed by atoms with E-state index in [0.29, 0.717) is 30.6 Å². The third-order valence-electron chi connectivity index (χ3n) is 5.28. The lowest BCUT2D eigenvalue weighted by molar-refractivity contribution is 0.217. The molecule has 23 heavy (non-hydrogen) atoms. The molecule has 4 heteroatoms. The molecule has 0 radical (unpaired) electrons. The van der Waals surface area contributed by atoms with Crippen LogP contribution >= 0.6 is 0 Å². The highest BCUT2D eigenvalue weighted by Crippen LogP contribution is 2.33. The van der Waals surface area contributed by atoms with E-state index >= 15 is 0 Å². The summed E-state index contributed by atoms with van der Waals surface area (Å²) in [6.07, 6.45) is 13.8. The van der Waals surface area contributed by atoms with Crippen molar-refractivity contribution in [3.8, 4) is 0 Å². The SMILES string of the molecule is C=N/C(=N\N1CC(F)CC1C1C=CC=CC1)C(=C)C1CCCC1. The van der Waals surface area contributed by atoms with Gasteiger partial charge in [0.25, 0.3) is 0 Å². The zero-order chi connectivity index (χ0) is 16.2. The van der Waals surface area contributed by atoms with Gasteiger partial charge in [-0.1, -0.05) is 43.7 Å². The number of allylic oxidation sites excluding steroid dienone is 3. The number of rotatable bonds is 4. The zero-order valence-electron chi connectivity index (χ0n) is 13.7. The van der Waals surface area contributed by atoms with Crippen molar-refractivity contribution in [3.05, 3.63) is 36.5 Å². The van der Waals surface area contributed by atoms with E-state index in [-0.39, 0.29) is 6.04 Å². The maximum absolute atomic E-state index is 14.0. The Hall–Kier alpha value is -1.71. The molecular formula is C19H26FN3. The summed E-state index contributed by atoms with van der Waals surface area (Å²) in [4.78, 5) is 4.10. The fourth-order valence-electron chi connectivity index (χ4n) is 3.97. The smallest absolute Gasteiger partial charge is 0.174 e. The minimum Gasteiger partial charge on any atom is -0.288 e. The highest BCUT2D eigenvalue weighted by atomic mass is 19.1. The molecule has 3 rings (SSSR count). The molecule has 0 amide bonds. The van der Waals surface area contributed by atoms with Crippen LogP contribution < -0.4 is 0 Å². The third-order valence-corrected chi connectivity index (χ3v) is 5.28. The molecule has 0 N–H and O–H groups in total. The van der Waals surface area contributed by atoms with E-state index in [9.17, 15) is 4.39 Å². The zero-order valence-corrected chi connectivity index (χ0v) is 13.7. The second kappa shape index (κ2) is 7.24. The minimum atomic E-state index is -0.825. The summed E-state index contributed by atoms with van der Waals surface area (Å²) in [7, 11) is 0. The van der Waals surface area contributed by atoms with Gasteiger partial charge in [-0.25, -0.2) is 9.38 Å². The Kier molecular flexibility index (Phi) is 5.09. The molecular weight excluding hydrogens is 289 g/mol. The molecule has 3 atom stereocenters. The summed E-state index contributed by atoms with van der Waals surface area (Å²) in [5.41, 5.74) is 0.970. The van der Waals surface area contributed by atoms with Crippen molar-refractivity contribution in [2.75, 3.05) is 6.54 Å². The Bertz CT molecular complexity index is 543. The van der Waals surface area contributed by atoms with Gasteiger partial charge in [-0.3, -0.25) is 5.01 Å². The lowest BCUT2D eigenvalue weighted by Gasteiger charge is -2.28. The van der Waals surface area contributed by atoms with Crippen molar-refractivity contribution in [2.45, 2.75) is 50.7 Å². The van der Waals surface area contributed by atoms with Crippen molar-refractivity contribution in [1.29, 1.82) is 0 Å². The van der Waals surface area contributed by atoms with Crippen molar-refractivity contribution in [3.63, 3.8) is 0 Å². The Morgan fingerprint density at radius 1 is 1.22 bits per heavy atom. The number of nitrogens with zero attached hydrogens (tertiary/aromatic N) is 3. The lowest BCUT2D eigenvalue weighted by atomic mass is 9.91. The third kappa shape index (κ3) is 3.62. The second-order valence-corrected chi connectivity index (χ2v) is 6.82. The van der Waals surface area contributed by atoms with Gasteiger partial charge in [0.2, 0.25) is 0 Å². The first-order valence-electron chi connectivity index (χ1n) is 8.67. The molecule has 0 aromatic carbocycles. The summed E-state index contributed by atoms with van der Waals surface area (Å²) < 4.78 is 14.0. The average molecular weight is 315 g/mol. The van der Waals surface area contributed by atoms with E-state index in [1.54, 1.807) is 0 Å². The van der Waals surface area contributed by atoms with Gasteiger partial charge in [-0.2, -0.15) is 5.10 Å². The first-order chi connectivity index (χ1) is 11.2. The van der Waals surface area contributed by atoms with Gasteiger partial charge >= 0.3 is 0 Å². The summed E-state index contributed by atoms with van der Waals surface area (Å²) in [6.45, 7) is 8.20. The maximum atomic E-state index is 14.0. The standard InChI is InChI=1S/C19H26FN3/c1-14(15-8-6-7-9-15)19(21-2)22-23-13-17(20)12-18(23)16-10-4-3-5-11-16/h3-5,10,15-18H,1-2,6-9,11-13H2/b22-19-. The molecule has 0 bridgehead atoms. The Balaban J connectivity index is 1.76. The van der Waals surface area contributed by atoms with Crippen molar-refractivity contribution in [1.82, 2.24) is 5.01 Å². The first-order valence-corrected chi connectivity index (χ1v) is 8.67. The number of alkyl halides is 1. The van der Waals surface area contributed by atoms with Crippen LogP contribution in [0.4, 0.5) is 4.39 Å². The van der Waals surface area contributed by atoms with Crippen LogP contribution in [0.2, 0.25) is 0 Å². The van der Waals surface area contributed by atoms with Gasteiger partial charge in [0.1, 0.15) is 6.17 Å². The average Bonchev–Trinajstić information content (AvgIpc) is 3.22. The quantitative estimate of drug-likeness (QED) is 0.562. The van der Waals surface area contributed by atoms with Crippen LogP contribution in [0.1, 0.15) is 38.5 Å². The van der Waals surface area contributed by atoms with E-state index < -0.39 is 6.17 Å². The van der Waals surface area contributed by atoms with Crippen LogP contribution in [0.3, 0.4) is 0 Å². The van der Waals surface area contributed by atoms with Crippen LogP contribution in [0.5, 0.6) is 0 Å². The first kappa shape index (κ1) is 16.2. The Morgan fingerprint density at radius 2 is 2.00 bits per heavy atom. The highest BCUT2D eigenvalue weighted by molar-refractivity contribution is 6.00. The summed E-state index contributed by atoms with van der Waals surface area (Å²) in [5.74, 6) is 1.38. The highest BCUT2D eigenvalue weighted by Gasteiger charge is 2.36. The molecule has 1 aliphatic heterocycles. The molecule has 2 aliphatic carbocycles. The van der Waals surface area contributed by atoms with Crippen LogP contribution in [-0.4, -0.2) is 36.3 Å². The topological polar surface area (TPSA) is 28.0 Å². The molecule has 3 nitrogen and oxygen atoms in total. The largest absolute Gasteiger partial charge is 0.288 e. The van der Waals surface area contributed by atoms with Gasteiger partial charge in [0.05, 0.1) is 12.6 Å². The normalized spacial score (nSPS) is 31.8. The van der Waals surface area contributed by atoms with Gasteiger partial charge in [-0.15, -0.1) is 0 Å². The Morgan fingerprint density at radius 3 is 2.65 bits per heavy atom. The molecule has 1 saturated carbocycles. The monoisotopic (exact) mass is 315 g/mol. The van der Waals surface area contributed by atoms with E-state index in [1.807, 2.05) is 17.2 Å². The predicted octanol–water partition coefficient (Wildman–Crippen LogP) is 4.29. The fraction of sp³-hybridized carbons (Fsp3) is 0.579. The molecule has 0 aromatic heterocycles. The van der Waals surface area contributed by atoms with Crippen molar-refractivity contribution in [2.24, 2.45) is 21.9 Å². The van der Waals surface area contributed by atoms with Crippen LogP contribution in [0, 0.1) is 11.8 Å². The number of hydrogen-bond donors (Lipinski definition) is 0. The van der Waals surface area contributed by atoms with E-state index in [1.165, 1.54) is 12.8 Å². The van der Waals surface area contributed by atoms with Crippen molar-refractivity contribution >= 4 is 12.6 Å². The molecule has 124 valence electrons. The fourth-order valence-corrected chi connectivity index (χ4v) is 3.97. The number of amidine groups is 1. The predicted molar refractivity (Wildman–Crippen MR) is 94.5 cm³/mol. The van der Waals surface area contributed by atoms with Crippen molar-refractivity contribution < 1.29 is 4.39 Å². The molecule has 0 spiro atoms. The second-order valence-electron chi connectivity index (χ2n) is 6.82. The van der Waals surface area contributed by atoms with Gasteiger partial charge in [0.15, 0.2) is 5.84 Å². The van der Waals surface area contributed by atoms with Gasteiger partial charge in [-0.05, 0) is 37.5 Å². The van der Waals surface area contributed by atoms with Crippen LogP contribution in [0.25, 0.3) is 0 Å². The Labute approximate surface area is 138 Å². The van der Waals surface area contributed by atoms with Gasteiger partial charge in [0, 0.05) is 12.3 Å². The molecule has 0 aromatic rings. The molecule has 3 unspecified atom stereocenters. The molecule has 1 saturated heterocycles. The van der Waals surface area contributed by atoms with E-state index in [4.69, 9.17) is 0 Å². The molecule has 2 fully saturated rings.